The van der Waals surface area contributed by atoms with Gasteiger partial charge in [0.15, 0.2) is 0 Å². The number of rotatable bonds is 1. The zero-order valence-corrected chi connectivity index (χ0v) is 20.5. The van der Waals surface area contributed by atoms with Gasteiger partial charge in [0.25, 0.3) is 0 Å². The van der Waals surface area contributed by atoms with Crippen LogP contribution in [0.2, 0.25) is 5.02 Å². The van der Waals surface area contributed by atoms with Gasteiger partial charge in [0.2, 0.25) is 0 Å². The molecule has 4 aliphatic carbocycles. The molecule has 5 heteroatoms. The highest BCUT2D eigenvalue weighted by Gasteiger charge is 2.58. The van der Waals surface area contributed by atoms with Crippen molar-refractivity contribution in [1.29, 1.82) is 5.26 Å². The minimum atomic E-state index is -0.533. The smallest absolute Gasteiger partial charge is 0.354 e. The molecule has 1 aromatic carbocycles. The molecule has 0 unspecified atom stereocenters. The van der Waals surface area contributed by atoms with Crippen LogP contribution in [0.3, 0.4) is 0 Å². The van der Waals surface area contributed by atoms with Crippen LogP contribution in [0.4, 0.5) is 0 Å². The Morgan fingerprint density at radius 2 is 1.82 bits per heavy atom. The van der Waals surface area contributed by atoms with Gasteiger partial charge in [-0.25, -0.2) is 4.79 Å². The van der Waals surface area contributed by atoms with Gasteiger partial charge in [-0.05, 0) is 103 Å². The summed E-state index contributed by atoms with van der Waals surface area (Å²) in [5.74, 6) is 2.02. The average Bonchev–Trinajstić information content (AvgIpc) is 3.13. The molecule has 0 saturated heterocycles. The molecule has 34 heavy (non-hydrogen) atoms. The molecule has 6 rings (SSSR count). The van der Waals surface area contributed by atoms with Crippen molar-refractivity contribution in [2.45, 2.75) is 70.3 Å². The number of fused-ring (bicyclic) bond motifs is 7. The Morgan fingerprint density at radius 3 is 2.56 bits per heavy atom. The Labute approximate surface area is 205 Å². The Morgan fingerprint density at radius 1 is 1.09 bits per heavy atom. The molecule has 2 saturated carbocycles. The first-order valence-electron chi connectivity index (χ1n) is 12.5. The van der Waals surface area contributed by atoms with E-state index in [2.05, 4.69) is 26.0 Å². The summed E-state index contributed by atoms with van der Waals surface area (Å²) in [6.45, 7) is 4.69. The third-order valence-electron chi connectivity index (χ3n) is 9.91. The highest BCUT2D eigenvalue weighted by Crippen LogP contribution is 2.65. The highest BCUT2D eigenvalue weighted by molar-refractivity contribution is 6.30. The van der Waals surface area contributed by atoms with Crippen molar-refractivity contribution in [2.75, 3.05) is 0 Å². The zero-order valence-electron chi connectivity index (χ0n) is 19.7. The minimum absolute atomic E-state index is 0.142. The SMILES string of the molecule is C[C@]12CC[C@H](O)CC1=CC[C@@H]1[C@@H]2CC[C@]2(C)c3c(c(-c4ccc(Cl)cc4)oc(=O)c3C#N)C[C@@H]12. The lowest BCUT2D eigenvalue weighted by Crippen LogP contribution is -2.51. The maximum absolute atomic E-state index is 13.0. The fourth-order valence-corrected chi connectivity index (χ4v) is 8.33. The predicted octanol–water partition coefficient (Wildman–Crippen LogP) is 6.17. The molecule has 2 aromatic rings. The number of halogens is 1. The molecule has 4 aliphatic rings. The van der Waals surface area contributed by atoms with Gasteiger partial charge in [-0.2, -0.15) is 5.26 Å². The summed E-state index contributed by atoms with van der Waals surface area (Å²) in [5.41, 5.74) is 3.83. The first kappa shape index (κ1) is 22.1. The van der Waals surface area contributed by atoms with Crippen LogP contribution in [0, 0.1) is 34.5 Å². The lowest BCUT2D eigenvalue weighted by Gasteiger charge is -2.57. The van der Waals surface area contributed by atoms with Crippen LogP contribution in [0.5, 0.6) is 0 Å². The summed E-state index contributed by atoms with van der Waals surface area (Å²) in [7, 11) is 0. The Bertz CT molecular complexity index is 1300. The molecule has 2 fully saturated rings. The zero-order chi connectivity index (χ0) is 23.8. The minimum Gasteiger partial charge on any atom is -0.421 e. The second-order valence-electron chi connectivity index (χ2n) is 11.4. The third-order valence-corrected chi connectivity index (χ3v) is 10.2. The molecule has 0 bridgehead atoms. The second-order valence-corrected chi connectivity index (χ2v) is 11.8. The van der Waals surface area contributed by atoms with Crippen molar-refractivity contribution >= 4 is 11.6 Å². The quantitative estimate of drug-likeness (QED) is 0.500. The Kier molecular flexibility index (Phi) is 4.93. The van der Waals surface area contributed by atoms with Gasteiger partial charge in [-0.15, -0.1) is 0 Å². The van der Waals surface area contributed by atoms with Crippen molar-refractivity contribution < 1.29 is 9.52 Å². The lowest BCUT2D eigenvalue weighted by molar-refractivity contribution is -0.0163. The van der Waals surface area contributed by atoms with Crippen LogP contribution in [-0.4, -0.2) is 11.2 Å². The number of nitrogens with zero attached hydrogens (tertiary/aromatic N) is 1. The van der Waals surface area contributed by atoms with E-state index in [0.717, 1.165) is 61.6 Å². The first-order chi connectivity index (χ1) is 16.3. The maximum Gasteiger partial charge on any atom is 0.354 e. The first-order valence-corrected chi connectivity index (χ1v) is 12.9. The summed E-state index contributed by atoms with van der Waals surface area (Å²) in [6.07, 6.45) is 8.80. The molecule has 6 atom stereocenters. The monoisotopic (exact) mass is 475 g/mol. The molecule has 4 nitrogen and oxygen atoms in total. The Balaban J connectivity index is 1.49. The van der Waals surface area contributed by atoms with E-state index >= 15 is 0 Å². The van der Waals surface area contributed by atoms with E-state index in [-0.39, 0.29) is 22.5 Å². The summed E-state index contributed by atoms with van der Waals surface area (Å²) >= 11 is 6.11. The van der Waals surface area contributed by atoms with Crippen molar-refractivity contribution in [3.63, 3.8) is 0 Å². The molecule has 0 radical (unpaired) electrons. The average molecular weight is 476 g/mol. The van der Waals surface area contributed by atoms with Gasteiger partial charge in [0.1, 0.15) is 17.4 Å². The van der Waals surface area contributed by atoms with Crippen LogP contribution >= 0.6 is 11.6 Å². The predicted molar refractivity (Wildman–Crippen MR) is 132 cm³/mol. The van der Waals surface area contributed by atoms with Gasteiger partial charge >= 0.3 is 5.63 Å². The molecule has 0 spiro atoms. The van der Waals surface area contributed by atoms with Gasteiger partial charge < -0.3 is 9.52 Å². The number of benzene rings is 1. The van der Waals surface area contributed by atoms with E-state index in [0.29, 0.717) is 28.5 Å². The number of aliphatic hydroxyl groups is 1. The second kappa shape index (κ2) is 7.57. The summed E-state index contributed by atoms with van der Waals surface area (Å²) in [4.78, 5) is 13.0. The molecule has 1 aromatic heterocycles. The molecule has 0 aliphatic heterocycles. The van der Waals surface area contributed by atoms with E-state index in [9.17, 15) is 15.2 Å². The number of aliphatic hydroxyl groups excluding tert-OH is 1. The summed E-state index contributed by atoms with van der Waals surface area (Å²) in [5, 5.41) is 20.9. The number of allylic oxidation sites excluding steroid dienone is 1. The fraction of sp³-hybridized carbons (Fsp3) is 0.517. The normalized spacial score (nSPS) is 35.9. The van der Waals surface area contributed by atoms with E-state index in [1.165, 1.54) is 5.57 Å². The van der Waals surface area contributed by atoms with Gasteiger partial charge in [-0.3, -0.25) is 0 Å². The van der Waals surface area contributed by atoms with E-state index in [1.54, 1.807) is 0 Å². The molecule has 1 heterocycles. The van der Waals surface area contributed by atoms with Crippen LogP contribution in [-0.2, 0) is 11.8 Å². The number of hydrogen-bond acceptors (Lipinski definition) is 4. The standard InChI is InChI=1S/C29H30ClNO3/c1-28-11-9-19(32)13-17(28)5-8-20-23(28)10-12-29(2)24(20)14-21-25(29)22(15-31)27(33)34-26(21)16-3-6-18(30)7-4-16/h3-7,19-20,23-24,32H,8-14H2,1-2H3/t19-,20+,23-,24-,28-,29-/m0/s1. The van der Waals surface area contributed by atoms with Crippen LogP contribution < -0.4 is 5.63 Å². The molecule has 1 N–H and O–H groups in total. The van der Waals surface area contributed by atoms with Gasteiger partial charge in [0.05, 0.1) is 6.10 Å². The van der Waals surface area contributed by atoms with Crippen molar-refractivity contribution in [3.05, 3.63) is 68.0 Å². The molecule has 0 amide bonds. The number of nitriles is 1. The van der Waals surface area contributed by atoms with Crippen LogP contribution in [0.1, 0.15) is 69.1 Å². The van der Waals surface area contributed by atoms with Crippen LogP contribution in [0.25, 0.3) is 11.3 Å². The fourth-order valence-electron chi connectivity index (χ4n) is 8.20. The Hall–Kier alpha value is -2.35. The largest absolute Gasteiger partial charge is 0.421 e. The van der Waals surface area contributed by atoms with Crippen molar-refractivity contribution in [2.24, 2.45) is 23.2 Å². The number of hydrogen-bond donors (Lipinski definition) is 1. The van der Waals surface area contributed by atoms with E-state index in [1.807, 2.05) is 24.3 Å². The van der Waals surface area contributed by atoms with E-state index in [4.69, 9.17) is 16.0 Å². The van der Waals surface area contributed by atoms with Gasteiger partial charge in [-0.1, -0.05) is 37.1 Å². The van der Waals surface area contributed by atoms with Crippen molar-refractivity contribution in [3.8, 4) is 17.4 Å². The van der Waals surface area contributed by atoms with Crippen molar-refractivity contribution in [1.82, 2.24) is 0 Å². The highest BCUT2D eigenvalue weighted by atomic mass is 35.5. The maximum atomic E-state index is 13.0. The molecule has 176 valence electrons. The molecular formula is C29H30ClNO3. The summed E-state index contributed by atoms with van der Waals surface area (Å²) in [6, 6.07) is 9.62. The molecular weight excluding hydrogens is 446 g/mol. The topological polar surface area (TPSA) is 74.2 Å². The van der Waals surface area contributed by atoms with Crippen LogP contribution in [0.15, 0.2) is 45.1 Å². The van der Waals surface area contributed by atoms with Gasteiger partial charge in [0, 0.05) is 16.1 Å². The third kappa shape index (κ3) is 2.96. The summed E-state index contributed by atoms with van der Waals surface area (Å²) < 4.78 is 5.81. The lowest BCUT2D eigenvalue weighted by atomic mass is 9.47. The van der Waals surface area contributed by atoms with E-state index < -0.39 is 5.63 Å².